The molecule has 1 aliphatic rings. The van der Waals surface area contributed by atoms with Crippen molar-refractivity contribution in [3.8, 4) is 0 Å². The first-order chi connectivity index (χ1) is 9.74. The van der Waals surface area contributed by atoms with E-state index in [1.807, 2.05) is 24.3 Å². The van der Waals surface area contributed by atoms with Crippen LogP contribution < -0.4 is 4.90 Å². The number of imidazole rings is 1. The Bertz CT molecular complexity index is 817. The molecule has 1 aromatic carbocycles. The molecular formula is C13H12N6O. The molecule has 0 radical (unpaired) electrons. The van der Waals surface area contributed by atoms with Gasteiger partial charge in [0.2, 0.25) is 5.95 Å². The van der Waals surface area contributed by atoms with Crippen molar-refractivity contribution in [1.82, 2.24) is 24.5 Å². The van der Waals surface area contributed by atoms with Gasteiger partial charge >= 0.3 is 0 Å². The molecule has 0 aliphatic carbocycles. The third kappa shape index (κ3) is 1.46. The standard InChI is InChI=1S/C13H12N6O/c1-17-8-10(15-16-17)12(20)19-7-6-18-11-5-3-2-4-9(11)14-13(18)19/h2-5,8H,6-7H2,1H3. The number of hydrogen-bond donors (Lipinski definition) is 0. The van der Waals surface area contributed by atoms with Gasteiger partial charge in [-0.05, 0) is 12.1 Å². The molecule has 1 amide bonds. The van der Waals surface area contributed by atoms with Gasteiger partial charge < -0.3 is 4.57 Å². The Hall–Kier alpha value is -2.70. The first kappa shape index (κ1) is 11.2. The summed E-state index contributed by atoms with van der Waals surface area (Å²) in [6.07, 6.45) is 1.62. The van der Waals surface area contributed by atoms with E-state index in [1.54, 1.807) is 18.1 Å². The molecule has 4 rings (SSSR count). The van der Waals surface area contributed by atoms with Crippen LogP contribution in [0.2, 0.25) is 0 Å². The summed E-state index contributed by atoms with van der Waals surface area (Å²) < 4.78 is 3.58. The van der Waals surface area contributed by atoms with Gasteiger partial charge in [-0.25, -0.2) is 4.98 Å². The number of rotatable bonds is 1. The van der Waals surface area contributed by atoms with E-state index in [0.29, 0.717) is 18.2 Å². The quantitative estimate of drug-likeness (QED) is 0.655. The number of aromatic nitrogens is 5. The van der Waals surface area contributed by atoms with Crippen LogP contribution in [0.25, 0.3) is 11.0 Å². The molecule has 1 aliphatic heterocycles. The van der Waals surface area contributed by atoms with E-state index in [0.717, 1.165) is 17.6 Å². The molecule has 7 heteroatoms. The third-order valence-corrected chi connectivity index (χ3v) is 3.49. The second-order valence-corrected chi connectivity index (χ2v) is 4.79. The molecule has 0 saturated heterocycles. The molecule has 0 saturated carbocycles. The van der Waals surface area contributed by atoms with Crippen molar-refractivity contribution in [2.45, 2.75) is 6.54 Å². The minimum absolute atomic E-state index is 0.160. The number of aryl methyl sites for hydroxylation is 1. The van der Waals surface area contributed by atoms with Gasteiger partial charge in [0.15, 0.2) is 5.69 Å². The van der Waals surface area contributed by atoms with Crippen molar-refractivity contribution in [3.05, 3.63) is 36.2 Å². The molecule has 0 spiro atoms. The number of carbonyl (C=O) groups is 1. The summed E-state index contributed by atoms with van der Waals surface area (Å²) in [5.74, 6) is 0.522. The number of anilines is 1. The van der Waals surface area contributed by atoms with E-state index in [-0.39, 0.29) is 5.91 Å². The normalized spacial score (nSPS) is 13.9. The molecule has 0 bridgehead atoms. The molecule has 0 N–H and O–H groups in total. The lowest BCUT2D eigenvalue weighted by atomic mass is 10.3. The van der Waals surface area contributed by atoms with Crippen LogP contribution in [0.3, 0.4) is 0 Å². The fourth-order valence-electron chi connectivity index (χ4n) is 2.57. The van der Waals surface area contributed by atoms with E-state index in [2.05, 4.69) is 19.9 Å². The van der Waals surface area contributed by atoms with E-state index < -0.39 is 0 Å². The van der Waals surface area contributed by atoms with Crippen molar-refractivity contribution in [1.29, 1.82) is 0 Å². The topological polar surface area (TPSA) is 68.8 Å². The maximum atomic E-state index is 12.5. The molecule has 0 atom stereocenters. The monoisotopic (exact) mass is 268 g/mol. The minimum Gasteiger partial charge on any atom is -0.308 e. The van der Waals surface area contributed by atoms with Crippen LogP contribution in [0, 0.1) is 0 Å². The van der Waals surface area contributed by atoms with E-state index in [9.17, 15) is 4.79 Å². The zero-order valence-corrected chi connectivity index (χ0v) is 10.9. The van der Waals surface area contributed by atoms with Gasteiger partial charge in [0.25, 0.3) is 5.91 Å². The summed E-state index contributed by atoms with van der Waals surface area (Å²) >= 11 is 0. The number of fused-ring (bicyclic) bond motifs is 3. The van der Waals surface area contributed by atoms with Crippen LogP contribution in [-0.4, -0.2) is 37.0 Å². The van der Waals surface area contributed by atoms with Gasteiger partial charge in [-0.2, -0.15) is 0 Å². The SMILES string of the molecule is Cn1cc(C(=O)N2CCn3c2nc2ccccc23)nn1. The number of para-hydroxylation sites is 2. The summed E-state index contributed by atoms with van der Waals surface area (Å²) in [6, 6.07) is 7.89. The fraction of sp³-hybridized carbons (Fsp3) is 0.231. The lowest BCUT2D eigenvalue weighted by Gasteiger charge is -2.11. The van der Waals surface area contributed by atoms with Crippen LogP contribution in [-0.2, 0) is 13.6 Å². The Labute approximate surface area is 114 Å². The average Bonchev–Trinajstić information content (AvgIpc) is 3.12. The highest BCUT2D eigenvalue weighted by Crippen LogP contribution is 2.27. The minimum atomic E-state index is -0.160. The van der Waals surface area contributed by atoms with Crippen LogP contribution in [0.5, 0.6) is 0 Å². The van der Waals surface area contributed by atoms with E-state index in [1.165, 1.54) is 4.68 Å². The molecule has 3 heterocycles. The highest BCUT2D eigenvalue weighted by molar-refractivity contribution is 6.04. The van der Waals surface area contributed by atoms with Gasteiger partial charge in [0.1, 0.15) is 0 Å². The Kier molecular flexibility index (Phi) is 2.17. The van der Waals surface area contributed by atoms with Crippen LogP contribution in [0.4, 0.5) is 5.95 Å². The fourth-order valence-corrected chi connectivity index (χ4v) is 2.57. The third-order valence-electron chi connectivity index (χ3n) is 3.49. The summed E-state index contributed by atoms with van der Waals surface area (Å²) in [6.45, 7) is 1.37. The van der Waals surface area contributed by atoms with Crippen molar-refractivity contribution < 1.29 is 4.79 Å². The first-order valence-corrected chi connectivity index (χ1v) is 6.37. The molecule has 2 aromatic heterocycles. The molecule has 7 nitrogen and oxygen atoms in total. The number of hydrogen-bond acceptors (Lipinski definition) is 4. The molecule has 100 valence electrons. The predicted molar refractivity (Wildman–Crippen MR) is 72.4 cm³/mol. The van der Waals surface area contributed by atoms with Gasteiger partial charge in [-0.3, -0.25) is 14.4 Å². The van der Waals surface area contributed by atoms with E-state index in [4.69, 9.17) is 0 Å². The lowest BCUT2D eigenvalue weighted by molar-refractivity contribution is 0.0984. The first-order valence-electron chi connectivity index (χ1n) is 6.37. The van der Waals surface area contributed by atoms with Crippen LogP contribution in [0.15, 0.2) is 30.5 Å². The number of amides is 1. The van der Waals surface area contributed by atoms with Crippen LogP contribution in [0.1, 0.15) is 10.5 Å². The maximum absolute atomic E-state index is 12.5. The summed E-state index contributed by atoms with van der Waals surface area (Å²) in [4.78, 5) is 18.7. The molecule has 0 unspecified atom stereocenters. The zero-order chi connectivity index (χ0) is 13.7. The molecule has 3 aromatic rings. The smallest absolute Gasteiger partial charge is 0.282 e. The number of benzene rings is 1. The van der Waals surface area contributed by atoms with Gasteiger partial charge in [0, 0.05) is 20.1 Å². The summed E-state index contributed by atoms with van der Waals surface area (Å²) in [5.41, 5.74) is 2.30. The second kappa shape index (κ2) is 3.89. The number of carbonyl (C=O) groups excluding carboxylic acids is 1. The van der Waals surface area contributed by atoms with Crippen molar-refractivity contribution in [3.63, 3.8) is 0 Å². The molecule has 0 fully saturated rings. The van der Waals surface area contributed by atoms with Crippen LogP contribution >= 0.6 is 0 Å². The Morgan fingerprint density at radius 2 is 2.10 bits per heavy atom. The van der Waals surface area contributed by atoms with Gasteiger partial charge in [0.05, 0.1) is 17.2 Å². The summed E-state index contributed by atoms with van der Waals surface area (Å²) in [5, 5.41) is 7.67. The van der Waals surface area contributed by atoms with Crippen molar-refractivity contribution >= 4 is 22.9 Å². The maximum Gasteiger partial charge on any atom is 0.282 e. The molecular weight excluding hydrogens is 256 g/mol. The van der Waals surface area contributed by atoms with Gasteiger partial charge in [-0.15, -0.1) is 5.10 Å². The second-order valence-electron chi connectivity index (χ2n) is 4.79. The van der Waals surface area contributed by atoms with Crippen molar-refractivity contribution in [2.24, 2.45) is 7.05 Å². The van der Waals surface area contributed by atoms with Gasteiger partial charge in [-0.1, -0.05) is 17.3 Å². The zero-order valence-electron chi connectivity index (χ0n) is 10.9. The average molecular weight is 268 g/mol. The Morgan fingerprint density at radius 1 is 1.25 bits per heavy atom. The largest absolute Gasteiger partial charge is 0.308 e. The Morgan fingerprint density at radius 3 is 2.90 bits per heavy atom. The predicted octanol–water partition coefficient (Wildman–Crippen LogP) is 0.825. The Balaban J connectivity index is 1.79. The highest BCUT2D eigenvalue weighted by atomic mass is 16.2. The highest BCUT2D eigenvalue weighted by Gasteiger charge is 2.30. The molecule has 20 heavy (non-hydrogen) atoms. The van der Waals surface area contributed by atoms with Crippen molar-refractivity contribution in [2.75, 3.05) is 11.4 Å². The number of nitrogens with zero attached hydrogens (tertiary/aromatic N) is 6. The van der Waals surface area contributed by atoms with E-state index >= 15 is 0 Å². The lowest BCUT2D eigenvalue weighted by Crippen LogP contribution is -2.29. The summed E-state index contributed by atoms with van der Waals surface area (Å²) in [7, 11) is 1.74.